The van der Waals surface area contributed by atoms with Gasteiger partial charge in [-0.05, 0) is 4.92 Å². The highest BCUT2D eigenvalue weighted by molar-refractivity contribution is 5.29. The largest absolute Gasteiger partial charge is 0.391 e. The van der Waals surface area contributed by atoms with Crippen LogP contribution in [0.3, 0.4) is 0 Å². The van der Waals surface area contributed by atoms with Gasteiger partial charge in [0.15, 0.2) is 0 Å². The zero-order valence-corrected chi connectivity index (χ0v) is 6.80. The molecule has 7 nitrogen and oxygen atoms in total. The van der Waals surface area contributed by atoms with E-state index >= 15 is 0 Å². The second-order valence-electron chi connectivity index (χ2n) is 2.59. The minimum atomic E-state index is -0.767. The lowest BCUT2D eigenvalue weighted by atomic mass is 10.1. The van der Waals surface area contributed by atoms with Crippen LogP contribution in [0.4, 0.5) is 5.82 Å². The van der Waals surface area contributed by atoms with Crippen LogP contribution in [0, 0.1) is 10.1 Å². The molecule has 1 atom stereocenters. The van der Waals surface area contributed by atoms with Crippen LogP contribution < -0.4 is 5.73 Å². The summed E-state index contributed by atoms with van der Waals surface area (Å²) in [5.74, 6) is -0.187. The van der Waals surface area contributed by atoms with Crippen molar-refractivity contribution < 1.29 is 10.0 Å². The van der Waals surface area contributed by atoms with Crippen molar-refractivity contribution in [2.75, 3.05) is 6.54 Å². The van der Waals surface area contributed by atoms with Crippen LogP contribution in [0.15, 0.2) is 6.20 Å². The molecule has 0 fully saturated rings. The van der Waals surface area contributed by atoms with Crippen molar-refractivity contribution in [3.05, 3.63) is 21.9 Å². The van der Waals surface area contributed by atoms with E-state index in [0.29, 0.717) is 5.56 Å². The predicted octanol–water partition coefficient (Wildman–Crippen LogP) is -0.820. The van der Waals surface area contributed by atoms with Crippen LogP contribution in [0.5, 0.6) is 0 Å². The lowest BCUT2D eigenvalue weighted by Gasteiger charge is -2.04. The van der Waals surface area contributed by atoms with Crippen LogP contribution in [0.2, 0.25) is 0 Å². The average Bonchev–Trinajstić information content (AvgIpc) is 2.52. The highest BCUT2D eigenvalue weighted by Gasteiger charge is 2.16. The summed E-state index contributed by atoms with van der Waals surface area (Å²) in [6.07, 6.45) is 0.691. The fourth-order valence-electron chi connectivity index (χ4n) is 0.949. The van der Waals surface area contributed by atoms with Crippen molar-refractivity contribution in [1.82, 2.24) is 10.2 Å². The Kier molecular flexibility index (Phi) is 2.93. The monoisotopic (exact) mass is 186 g/mol. The molecule has 0 aliphatic carbocycles. The number of aromatic nitrogens is 2. The minimum Gasteiger partial charge on any atom is -0.391 e. The molecule has 1 unspecified atom stereocenters. The Hall–Kier alpha value is -1.47. The second kappa shape index (κ2) is 3.97. The lowest BCUT2D eigenvalue weighted by Crippen LogP contribution is -2.22. The predicted molar refractivity (Wildman–Crippen MR) is 44.0 cm³/mol. The van der Waals surface area contributed by atoms with Crippen molar-refractivity contribution in [3.8, 4) is 0 Å². The first-order valence-electron chi connectivity index (χ1n) is 3.70. The van der Waals surface area contributed by atoms with Gasteiger partial charge in [-0.2, -0.15) is 0 Å². The molecular weight excluding hydrogens is 176 g/mol. The number of nitrogens with one attached hydrogen (secondary N) is 1. The summed E-state index contributed by atoms with van der Waals surface area (Å²) in [6, 6.07) is 0. The first kappa shape index (κ1) is 9.62. The quantitative estimate of drug-likeness (QED) is 0.419. The van der Waals surface area contributed by atoms with Crippen molar-refractivity contribution in [2.45, 2.75) is 12.5 Å². The number of aromatic amines is 1. The number of hydrogen-bond acceptors (Lipinski definition) is 5. The molecule has 0 amide bonds. The average molecular weight is 186 g/mol. The maximum Gasteiger partial charge on any atom is 0.345 e. The van der Waals surface area contributed by atoms with Gasteiger partial charge in [0.05, 0.1) is 17.9 Å². The Labute approximate surface area is 73.7 Å². The van der Waals surface area contributed by atoms with E-state index in [1.165, 1.54) is 6.20 Å². The molecule has 0 radical (unpaired) electrons. The Morgan fingerprint density at radius 2 is 2.54 bits per heavy atom. The summed E-state index contributed by atoms with van der Waals surface area (Å²) in [7, 11) is 0. The zero-order chi connectivity index (χ0) is 9.84. The first-order chi connectivity index (χ1) is 6.15. The lowest BCUT2D eigenvalue weighted by molar-refractivity contribution is -0.390. The second-order valence-corrected chi connectivity index (χ2v) is 2.59. The molecule has 72 valence electrons. The Morgan fingerprint density at radius 1 is 1.85 bits per heavy atom. The third-order valence-electron chi connectivity index (χ3n) is 1.61. The van der Waals surface area contributed by atoms with Crippen molar-refractivity contribution in [3.63, 3.8) is 0 Å². The molecule has 1 aromatic rings. The van der Waals surface area contributed by atoms with Gasteiger partial charge in [0.2, 0.25) is 0 Å². The Morgan fingerprint density at radius 3 is 3.08 bits per heavy atom. The van der Waals surface area contributed by atoms with Crippen molar-refractivity contribution >= 4 is 5.82 Å². The fourth-order valence-corrected chi connectivity index (χ4v) is 0.949. The molecule has 1 heterocycles. The van der Waals surface area contributed by atoms with Gasteiger partial charge < -0.3 is 21.0 Å². The number of aliphatic hydroxyl groups is 1. The summed E-state index contributed by atoms with van der Waals surface area (Å²) in [4.78, 5) is 9.80. The smallest absolute Gasteiger partial charge is 0.345 e. The summed E-state index contributed by atoms with van der Waals surface area (Å²) >= 11 is 0. The van der Waals surface area contributed by atoms with Crippen LogP contribution in [-0.4, -0.2) is 32.9 Å². The number of H-pyrrole nitrogens is 1. The van der Waals surface area contributed by atoms with Crippen LogP contribution in [0.25, 0.3) is 0 Å². The normalized spacial score (nSPS) is 12.8. The van der Waals surface area contributed by atoms with Gasteiger partial charge in [0, 0.05) is 13.0 Å². The molecule has 0 bridgehead atoms. The van der Waals surface area contributed by atoms with Crippen molar-refractivity contribution in [1.29, 1.82) is 0 Å². The molecule has 0 saturated carbocycles. The van der Waals surface area contributed by atoms with Crippen LogP contribution in [0.1, 0.15) is 5.56 Å². The summed E-state index contributed by atoms with van der Waals surface area (Å²) in [5, 5.41) is 25.3. The molecule has 13 heavy (non-hydrogen) atoms. The number of nitrogens with two attached hydrogens (primary N) is 1. The molecule has 1 rings (SSSR count). The molecule has 7 heteroatoms. The molecule has 0 aliphatic rings. The number of aliphatic hydroxyl groups excluding tert-OH is 1. The number of nitro groups is 1. The van der Waals surface area contributed by atoms with Gasteiger partial charge in [-0.3, -0.25) is 0 Å². The maximum absolute atomic E-state index is 10.4. The van der Waals surface area contributed by atoms with Gasteiger partial charge in [-0.25, -0.2) is 0 Å². The zero-order valence-electron chi connectivity index (χ0n) is 6.80. The molecule has 0 spiro atoms. The van der Waals surface area contributed by atoms with Crippen LogP contribution >= 0.6 is 0 Å². The van der Waals surface area contributed by atoms with Gasteiger partial charge in [-0.1, -0.05) is 5.10 Å². The Bertz CT molecular complexity index is 298. The van der Waals surface area contributed by atoms with Crippen molar-refractivity contribution in [2.24, 2.45) is 5.73 Å². The summed E-state index contributed by atoms with van der Waals surface area (Å²) in [5.41, 5.74) is 5.53. The molecule has 0 saturated heterocycles. The molecule has 0 aliphatic heterocycles. The van der Waals surface area contributed by atoms with E-state index in [1.807, 2.05) is 0 Å². The topological polar surface area (TPSA) is 118 Å². The van der Waals surface area contributed by atoms with Gasteiger partial charge in [0.1, 0.15) is 0 Å². The van der Waals surface area contributed by atoms with E-state index in [-0.39, 0.29) is 18.8 Å². The van der Waals surface area contributed by atoms with Gasteiger partial charge in [0.25, 0.3) is 0 Å². The SMILES string of the molecule is NCC(O)Cc1cn[nH]c1[N+](=O)[O-]. The van der Waals surface area contributed by atoms with E-state index in [1.54, 1.807) is 0 Å². The highest BCUT2D eigenvalue weighted by atomic mass is 16.6. The van der Waals surface area contributed by atoms with Gasteiger partial charge >= 0.3 is 5.82 Å². The van der Waals surface area contributed by atoms with E-state index in [9.17, 15) is 10.1 Å². The van der Waals surface area contributed by atoms with E-state index in [0.717, 1.165) is 0 Å². The molecule has 4 N–H and O–H groups in total. The summed E-state index contributed by atoms with van der Waals surface area (Å²) < 4.78 is 0. The van der Waals surface area contributed by atoms with E-state index in [2.05, 4.69) is 10.2 Å². The van der Waals surface area contributed by atoms with E-state index < -0.39 is 11.0 Å². The fraction of sp³-hybridized carbons (Fsp3) is 0.500. The first-order valence-corrected chi connectivity index (χ1v) is 3.70. The standard InChI is InChI=1S/C6H10N4O3/c7-2-5(11)1-4-3-8-9-6(4)10(12)13/h3,5,11H,1-2,7H2,(H,8,9). The molecule has 1 aromatic heterocycles. The third-order valence-corrected chi connectivity index (χ3v) is 1.61. The maximum atomic E-state index is 10.4. The van der Waals surface area contributed by atoms with Gasteiger partial charge in [-0.15, -0.1) is 5.10 Å². The number of rotatable bonds is 4. The minimum absolute atomic E-state index is 0.0718. The third kappa shape index (κ3) is 2.23. The van der Waals surface area contributed by atoms with Crippen LogP contribution in [-0.2, 0) is 6.42 Å². The number of hydrogen-bond donors (Lipinski definition) is 3. The van der Waals surface area contributed by atoms with E-state index in [4.69, 9.17) is 10.8 Å². The molecular formula is C6H10N4O3. The Balaban J connectivity index is 2.76. The highest BCUT2D eigenvalue weighted by Crippen LogP contribution is 2.14. The number of nitrogens with zero attached hydrogens (tertiary/aromatic N) is 2. The summed E-state index contributed by atoms with van der Waals surface area (Å²) in [6.45, 7) is 0.0718. The molecule has 0 aromatic carbocycles.